The average molecular weight is 228 g/mol. The number of amides is 1. The van der Waals surface area contributed by atoms with Crippen LogP contribution in [-0.2, 0) is 6.54 Å². The number of nitrogens with one attached hydrogen (secondary N) is 1. The Hall–Kier alpha value is -0.830. The maximum absolute atomic E-state index is 10.5. The van der Waals surface area contributed by atoms with Crippen LogP contribution in [0.15, 0.2) is 24.3 Å². The predicted molar refractivity (Wildman–Crippen MR) is 52.3 cm³/mol. The fourth-order valence-corrected chi connectivity index (χ4v) is 1.11. The number of aryl methyl sites for hydroxylation is 1. The molecular weight excluding hydrogens is 218 g/mol. The Kier molecular flexibility index (Phi) is 3.29. The van der Waals surface area contributed by atoms with Gasteiger partial charge in [0.2, 0.25) is 0 Å². The largest absolute Gasteiger partial charge is 0.343 e. The van der Waals surface area contributed by atoms with Crippen LogP contribution >= 0.6 is 15.9 Å². The van der Waals surface area contributed by atoms with Gasteiger partial charge in [0.05, 0.1) is 0 Å². The molecule has 0 radical (unpaired) electrons. The summed E-state index contributed by atoms with van der Waals surface area (Å²) in [6.45, 7) is 2.60. The zero-order valence-electron chi connectivity index (χ0n) is 6.80. The summed E-state index contributed by atoms with van der Waals surface area (Å²) in [7, 11) is 0. The molecule has 64 valence electrons. The first kappa shape index (κ1) is 9.26. The van der Waals surface area contributed by atoms with Crippen LogP contribution in [0.2, 0.25) is 0 Å². The Morgan fingerprint density at radius 1 is 1.50 bits per heavy atom. The van der Waals surface area contributed by atoms with Gasteiger partial charge in [0, 0.05) is 22.5 Å². The molecule has 1 rings (SSSR count). The van der Waals surface area contributed by atoms with E-state index in [1.807, 2.05) is 31.2 Å². The third kappa shape index (κ3) is 2.66. The summed E-state index contributed by atoms with van der Waals surface area (Å²) >= 11 is 2.81. The van der Waals surface area contributed by atoms with Crippen LogP contribution in [0.1, 0.15) is 11.1 Å². The number of benzene rings is 1. The van der Waals surface area contributed by atoms with Crippen molar-refractivity contribution in [3.05, 3.63) is 35.4 Å². The average Bonchev–Trinajstić information content (AvgIpc) is 2.03. The van der Waals surface area contributed by atoms with Crippen LogP contribution in [0, 0.1) is 6.92 Å². The molecular formula is C9H10BrNO. The summed E-state index contributed by atoms with van der Waals surface area (Å²) in [5.41, 5.74) is 2.34. The Morgan fingerprint density at radius 3 is 2.75 bits per heavy atom. The monoisotopic (exact) mass is 227 g/mol. The van der Waals surface area contributed by atoms with Crippen LogP contribution in [-0.4, -0.2) is 4.82 Å². The minimum atomic E-state index is -0.175. The molecule has 0 aromatic heterocycles. The van der Waals surface area contributed by atoms with E-state index in [1.165, 1.54) is 5.56 Å². The van der Waals surface area contributed by atoms with E-state index in [9.17, 15) is 4.79 Å². The first-order valence-corrected chi connectivity index (χ1v) is 4.47. The van der Waals surface area contributed by atoms with Gasteiger partial charge in [-0.15, -0.1) is 0 Å². The van der Waals surface area contributed by atoms with E-state index in [0.717, 1.165) is 5.56 Å². The Morgan fingerprint density at radius 2 is 2.17 bits per heavy atom. The highest BCUT2D eigenvalue weighted by Crippen LogP contribution is 2.06. The molecule has 1 aromatic rings. The van der Waals surface area contributed by atoms with Crippen molar-refractivity contribution in [2.45, 2.75) is 13.5 Å². The lowest BCUT2D eigenvalue weighted by molar-refractivity contribution is 0.261. The molecule has 1 aromatic carbocycles. The van der Waals surface area contributed by atoms with Gasteiger partial charge in [0.15, 0.2) is 0 Å². The second kappa shape index (κ2) is 4.26. The maximum Gasteiger partial charge on any atom is 0.287 e. The van der Waals surface area contributed by atoms with Crippen LogP contribution in [0.25, 0.3) is 0 Å². The Balaban J connectivity index is 2.63. The summed E-state index contributed by atoms with van der Waals surface area (Å²) < 4.78 is 0. The lowest BCUT2D eigenvalue weighted by Gasteiger charge is -2.04. The van der Waals surface area contributed by atoms with Gasteiger partial charge < -0.3 is 5.32 Å². The molecule has 0 heterocycles. The summed E-state index contributed by atoms with van der Waals surface area (Å²) in [5.74, 6) is 0. The molecule has 1 N–H and O–H groups in total. The summed E-state index contributed by atoms with van der Waals surface area (Å²) in [4.78, 5) is 10.4. The quantitative estimate of drug-likeness (QED) is 0.611. The lowest BCUT2D eigenvalue weighted by atomic mass is 10.1. The molecule has 0 aliphatic rings. The lowest BCUT2D eigenvalue weighted by Crippen LogP contribution is -2.15. The summed E-state index contributed by atoms with van der Waals surface area (Å²) in [6.07, 6.45) is 0. The van der Waals surface area contributed by atoms with Crippen molar-refractivity contribution in [1.82, 2.24) is 5.32 Å². The minimum absolute atomic E-state index is 0.175. The molecule has 0 aliphatic carbocycles. The maximum atomic E-state index is 10.5. The van der Waals surface area contributed by atoms with E-state index in [1.54, 1.807) is 0 Å². The van der Waals surface area contributed by atoms with E-state index in [4.69, 9.17) is 0 Å². The van der Waals surface area contributed by atoms with Crippen LogP contribution < -0.4 is 5.32 Å². The van der Waals surface area contributed by atoms with Gasteiger partial charge in [0.25, 0.3) is 4.82 Å². The van der Waals surface area contributed by atoms with Crippen molar-refractivity contribution in [3.8, 4) is 0 Å². The van der Waals surface area contributed by atoms with E-state index in [2.05, 4.69) is 21.2 Å². The highest BCUT2D eigenvalue weighted by molar-refractivity contribution is 9.18. The number of hydrogen-bond donors (Lipinski definition) is 1. The minimum Gasteiger partial charge on any atom is -0.343 e. The van der Waals surface area contributed by atoms with Gasteiger partial charge in [-0.3, -0.25) is 4.79 Å². The van der Waals surface area contributed by atoms with Gasteiger partial charge in [-0.2, -0.15) is 0 Å². The second-order valence-electron chi connectivity index (χ2n) is 2.55. The molecule has 12 heavy (non-hydrogen) atoms. The highest BCUT2D eigenvalue weighted by atomic mass is 79.9. The standard InChI is InChI=1S/C9H10BrNO/c1-7-4-2-3-5-8(7)6-11-9(10)12/h2-5H,6H2,1H3,(H,11,12). The zero-order valence-corrected chi connectivity index (χ0v) is 8.39. The van der Waals surface area contributed by atoms with E-state index < -0.39 is 0 Å². The fraction of sp³-hybridized carbons (Fsp3) is 0.222. The first-order chi connectivity index (χ1) is 5.70. The van der Waals surface area contributed by atoms with Gasteiger partial charge in [0.1, 0.15) is 0 Å². The number of carbonyl (C=O) groups is 1. The van der Waals surface area contributed by atoms with Gasteiger partial charge in [-0.25, -0.2) is 0 Å². The molecule has 0 spiro atoms. The molecule has 0 bridgehead atoms. The van der Waals surface area contributed by atoms with Crippen molar-refractivity contribution in [2.75, 3.05) is 0 Å². The molecule has 0 aliphatic heterocycles. The summed E-state index contributed by atoms with van der Waals surface area (Å²) in [5, 5.41) is 2.68. The topological polar surface area (TPSA) is 29.1 Å². The first-order valence-electron chi connectivity index (χ1n) is 3.68. The van der Waals surface area contributed by atoms with Crippen molar-refractivity contribution in [1.29, 1.82) is 0 Å². The number of hydrogen-bond acceptors (Lipinski definition) is 1. The number of carbonyl (C=O) groups excluding carboxylic acids is 1. The van der Waals surface area contributed by atoms with Gasteiger partial charge in [-0.05, 0) is 18.1 Å². The predicted octanol–water partition coefficient (Wildman–Crippen LogP) is 2.60. The van der Waals surface area contributed by atoms with Crippen LogP contribution in [0.5, 0.6) is 0 Å². The molecule has 0 unspecified atom stereocenters. The van der Waals surface area contributed by atoms with Crippen LogP contribution in [0.4, 0.5) is 4.79 Å². The molecule has 2 nitrogen and oxygen atoms in total. The number of halogens is 1. The fourth-order valence-electron chi connectivity index (χ4n) is 0.973. The van der Waals surface area contributed by atoms with Gasteiger partial charge >= 0.3 is 0 Å². The van der Waals surface area contributed by atoms with Crippen molar-refractivity contribution in [2.24, 2.45) is 0 Å². The molecule has 1 amide bonds. The van der Waals surface area contributed by atoms with E-state index >= 15 is 0 Å². The third-order valence-electron chi connectivity index (χ3n) is 1.68. The molecule has 0 fully saturated rings. The summed E-state index contributed by atoms with van der Waals surface area (Å²) in [6, 6.07) is 7.96. The van der Waals surface area contributed by atoms with Crippen molar-refractivity contribution in [3.63, 3.8) is 0 Å². The second-order valence-corrected chi connectivity index (χ2v) is 3.27. The Bertz CT molecular complexity index is 286. The van der Waals surface area contributed by atoms with Crippen molar-refractivity contribution < 1.29 is 4.79 Å². The molecule has 3 heteroatoms. The number of rotatable bonds is 2. The Labute approximate surface area is 80.1 Å². The smallest absolute Gasteiger partial charge is 0.287 e. The highest BCUT2D eigenvalue weighted by Gasteiger charge is 1.97. The third-order valence-corrected chi connectivity index (χ3v) is 1.96. The zero-order chi connectivity index (χ0) is 8.97. The van der Waals surface area contributed by atoms with E-state index in [0.29, 0.717) is 6.54 Å². The molecule has 0 saturated heterocycles. The molecule has 0 saturated carbocycles. The van der Waals surface area contributed by atoms with Crippen LogP contribution in [0.3, 0.4) is 0 Å². The van der Waals surface area contributed by atoms with Crippen molar-refractivity contribution >= 4 is 20.7 Å². The van der Waals surface area contributed by atoms with E-state index in [-0.39, 0.29) is 4.82 Å². The van der Waals surface area contributed by atoms with Gasteiger partial charge in [-0.1, -0.05) is 24.3 Å². The SMILES string of the molecule is Cc1ccccc1CNC(=O)Br. The normalized spacial score (nSPS) is 9.50. The molecule has 0 atom stereocenters.